The van der Waals surface area contributed by atoms with Crippen LogP contribution in [0.2, 0.25) is 0 Å². The second kappa shape index (κ2) is 9.71. The van der Waals surface area contributed by atoms with E-state index >= 15 is 0 Å². The summed E-state index contributed by atoms with van der Waals surface area (Å²) in [5.41, 5.74) is 16.2. The summed E-state index contributed by atoms with van der Waals surface area (Å²) in [7, 11) is 0. The highest BCUT2D eigenvalue weighted by Gasteiger charge is 2.38. The number of phenolic OH excluding ortho intramolecular Hbond substituents is 1. The lowest BCUT2D eigenvalue weighted by Crippen LogP contribution is -2.43. The fraction of sp³-hybridized carbons (Fsp3) is 0.214. The highest BCUT2D eigenvalue weighted by molar-refractivity contribution is 6.19. The van der Waals surface area contributed by atoms with Gasteiger partial charge in [0, 0.05) is 53.7 Å². The molecule has 0 saturated carbocycles. The monoisotopic (exact) mass is 517 g/mol. The van der Waals surface area contributed by atoms with Crippen molar-refractivity contribution in [3.05, 3.63) is 88.9 Å². The molecule has 0 spiro atoms. The molecule has 0 aliphatic carbocycles. The lowest BCUT2D eigenvalue weighted by molar-refractivity contribution is -0.120. The van der Waals surface area contributed by atoms with Crippen LogP contribution in [0.5, 0.6) is 5.75 Å². The van der Waals surface area contributed by atoms with E-state index < -0.39 is 6.04 Å². The number of alkyl halides is 1. The highest BCUT2D eigenvalue weighted by atomic mass is 35.5. The van der Waals surface area contributed by atoms with Crippen LogP contribution < -0.4 is 27.0 Å². The number of rotatable bonds is 5. The van der Waals surface area contributed by atoms with Crippen molar-refractivity contribution in [3.8, 4) is 5.75 Å². The van der Waals surface area contributed by atoms with Crippen LogP contribution in [0.1, 0.15) is 33.8 Å². The number of nitrogens with zero attached hydrogens (tertiary/aromatic N) is 1. The Balaban J connectivity index is 1.32. The summed E-state index contributed by atoms with van der Waals surface area (Å²) >= 11 is 6.34. The number of nitrogens with one attached hydrogen (secondary N) is 2. The summed E-state index contributed by atoms with van der Waals surface area (Å²) in [4.78, 5) is 27.7. The van der Waals surface area contributed by atoms with Crippen molar-refractivity contribution in [3.63, 3.8) is 0 Å². The van der Waals surface area contributed by atoms with Crippen molar-refractivity contribution < 1.29 is 14.7 Å². The molecule has 2 amide bonds. The van der Waals surface area contributed by atoms with Gasteiger partial charge in [-0.05, 0) is 59.4 Å². The highest BCUT2D eigenvalue weighted by Crippen LogP contribution is 2.46. The van der Waals surface area contributed by atoms with E-state index in [2.05, 4.69) is 10.6 Å². The number of nitrogen functional groups attached to an aromatic ring is 1. The number of nitrogens with two attached hydrogens (primary N) is 2. The van der Waals surface area contributed by atoms with E-state index in [-0.39, 0.29) is 29.3 Å². The molecule has 2 aliphatic heterocycles. The van der Waals surface area contributed by atoms with Gasteiger partial charge >= 0.3 is 0 Å². The van der Waals surface area contributed by atoms with Gasteiger partial charge < -0.3 is 32.1 Å². The molecule has 2 atom stereocenters. The second-order valence-corrected chi connectivity index (χ2v) is 9.75. The fourth-order valence-electron chi connectivity index (χ4n) is 5.12. The minimum absolute atomic E-state index is 0.0438. The molecule has 8 nitrogen and oxygen atoms in total. The number of amides is 2. The molecular weight excluding hydrogens is 490 g/mol. The molecule has 0 fully saturated rings. The van der Waals surface area contributed by atoms with Gasteiger partial charge in [0.25, 0.3) is 5.91 Å². The third kappa shape index (κ3) is 4.56. The molecule has 7 N–H and O–H groups in total. The number of carbonyl (C=O) groups is 2. The van der Waals surface area contributed by atoms with E-state index in [4.69, 9.17) is 23.1 Å². The number of hydrogen-bond donors (Lipinski definition) is 5. The van der Waals surface area contributed by atoms with E-state index in [1.54, 1.807) is 47.5 Å². The Morgan fingerprint density at radius 2 is 2.00 bits per heavy atom. The molecule has 5 rings (SSSR count). The first kappa shape index (κ1) is 24.5. The Morgan fingerprint density at radius 1 is 1.24 bits per heavy atom. The lowest BCUT2D eigenvalue weighted by Gasteiger charge is -2.22. The zero-order valence-corrected chi connectivity index (χ0v) is 21.0. The van der Waals surface area contributed by atoms with Crippen LogP contribution in [0.15, 0.2) is 72.2 Å². The van der Waals surface area contributed by atoms with E-state index in [1.807, 2.05) is 25.1 Å². The Morgan fingerprint density at radius 3 is 2.73 bits per heavy atom. The van der Waals surface area contributed by atoms with Crippen LogP contribution >= 0.6 is 11.6 Å². The number of aromatic hydroxyl groups is 1. The predicted molar refractivity (Wildman–Crippen MR) is 146 cm³/mol. The number of allylic oxidation sites excluding steroid dienone is 1. The zero-order chi connectivity index (χ0) is 26.3. The van der Waals surface area contributed by atoms with Gasteiger partial charge in [0.15, 0.2) is 0 Å². The Bertz CT molecular complexity index is 1460. The van der Waals surface area contributed by atoms with Gasteiger partial charge in [0.2, 0.25) is 5.91 Å². The number of anilines is 2. The van der Waals surface area contributed by atoms with Gasteiger partial charge in [0.1, 0.15) is 17.6 Å². The molecule has 0 aromatic heterocycles. The maximum atomic E-state index is 13.6. The minimum Gasteiger partial charge on any atom is -0.507 e. The first-order chi connectivity index (χ1) is 17.8. The number of halogens is 1. The molecule has 37 heavy (non-hydrogen) atoms. The van der Waals surface area contributed by atoms with Crippen LogP contribution in [0, 0.1) is 6.92 Å². The van der Waals surface area contributed by atoms with E-state index in [1.165, 1.54) is 0 Å². The van der Waals surface area contributed by atoms with Crippen molar-refractivity contribution in [2.75, 3.05) is 23.1 Å². The fourth-order valence-corrected chi connectivity index (χ4v) is 5.37. The summed E-state index contributed by atoms with van der Waals surface area (Å²) < 4.78 is 0. The second-order valence-electron chi connectivity index (χ2n) is 9.44. The van der Waals surface area contributed by atoms with Gasteiger partial charge in [-0.2, -0.15) is 0 Å². The lowest BCUT2D eigenvalue weighted by atomic mass is 9.92. The summed E-state index contributed by atoms with van der Waals surface area (Å²) in [6.45, 7) is 2.43. The number of carbonyl (C=O) groups excluding carboxylic acids is 2. The van der Waals surface area contributed by atoms with Gasteiger partial charge in [-0.1, -0.05) is 18.2 Å². The van der Waals surface area contributed by atoms with Crippen molar-refractivity contribution in [1.29, 1.82) is 0 Å². The molecule has 9 heteroatoms. The summed E-state index contributed by atoms with van der Waals surface area (Å²) in [6, 6.07) is 13.5. The first-order valence-corrected chi connectivity index (χ1v) is 12.5. The summed E-state index contributed by atoms with van der Waals surface area (Å²) in [5.74, 6) is 0.151. The number of benzene rings is 3. The van der Waals surface area contributed by atoms with Crippen LogP contribution in [0.3, 0.4) is 0 Å². The average Bonchev–Trinajstić information content (AvgIpc) is 3.48. The molecule has 0 saturated heterocycles. The molecule has 3 aromatic carbocycles. The van der Waals surface area contributed by atoms with Crippen molar-refractivity contribution in [2.24, 2.45) is 5.73 Å². The normalized spacial score (nSPS) is 18.9. The Labute approximate surface area is 219 Å². The molecule has 0 radical (unpaired) electrons. The predicted octanol–water partition coefficient (Wildman–Crippen LogP) is 3.58. The van der Waals surface area contributed by atoms with Gasteiger partial charge in [0.05, 0.1) is 5.69 Å². The van der Waals surface area contributed by atoms with E-state index in [0.29, 0.717) is 35.8 Å². The average molecular weight is 518 g/mol. The Kier molecular flexibility index (Phi) is 6.43. The van der Waals surface area contributed by atoms with Crippen LogP contribution in [0.25, 0.3) is 10.8 Å². The molecule has 3 aromatic rings. The third-order valence-corrected chi connectivity index (χ3v) is 7.27. The Hall–Kier alpha value is -4.17. The quantitative estimate of drug-likeness (QED) is 0.259. The summed E-state index contributed by atoms with van der Waals surface area (Å²) in [6.07, 6.45) is 3.76. The standard InChI is InChI=1S/C28H28ClN5O3/c1-15-3-2-4-20-23(35)11-22-26(25(15)20)18(12-29)14-34(22)28(37)21-9-16(13-32-21)10-24(31)33-27(36)17-5-7-19(30)8-6-17/h2-8,10-11,13,18,21,32,35H,9,12,14,30-31H2,1H3,(H,33,36)/b24-10+/t18-,21?/m1/s1. The zero-order valence-electron chi connectivity index (χ0n) is 20.3. The van der Waals surface area contributed by atoms with E-state index in [0.717, 1.165) is 27.5 Å². The van der Waals surface area contributed by atoms with Crippen LogP contribution in [0.4, 0.5) is 11.4 Å². The number of hydrogen-bond acceptors (Lipinski definition) is 6. The maximum Gasteiger partial charge on any atom is 0.256 e. The van der Waals surface area contributed by atoms with Gasteiger partial charge in [-0.3, -0.25) is 9.59 Å². The maximum absolute atomic E-state index is 13.6. The SMILES string of the molecule is Cc1cccc2c(O)cc3c(c12)[C@H](CCl)CN3C(=O)C1CC(/C=C(\N)NC(=O)c2ccc(N)cc2)=CN1. The van der Waals surface area contributed by atoms with Crippen molar-refractivity contribution >= 4 is 45.6 Å². The summed E-state index contributed by atoms with van der Waals surface area (Å²) in [5, 5.41) is 18.2. The van der Waals surface area contributed by atoms with Crippen molar-refractivity contribution in [2.45, 2.75) is 25.3 Å². The van der Waals surface area contributed by atoms with Crippen LogP contribution in [-0.4, -0.2) is 35.4 Å². The van der Waals surface area contributed by atoms with Crippen molar-refractivity contribution in [1.82, 2.24) is 10.6 Å². The van der Waals surface area contributed by atoms with Gasteiger partial charge in [-0.25, -0.2) is 0 Å². The number of phenols is 1. The van der Waals surface area contributed by atoms with Crippen LogP contribution in [-0.2, 0) is 4.79 Å². The molecule has 2 aliphatic rings. The first-order valence-electron chi connectivity index (χ1n) is 12.0. The number of aryl methyl sites for hydroxylation is 1. The van der Waals surface area contributed by atoms with E-state index in [9.17, 15) is 14.7 Å². The molecule has 190 valence electrons. The minimum atomic E-state index is -0.511. The topological polar surface area (TPSA) is 134 Å². The molecule has 1 unspecified atom stereocenters. The molecular formula is C28H28ClN5O3. The smallest absolute Gasteiger partial charge is 0.256 e. The number of fused-ring (bicyclic) bond motifs is 3. The third-order valence-electron chi connectivity index (χ3n) is 6.90. The molecule has 2 heterocycles. The van der Waals surface area contributed by atoms with Gasteiger partial charge in [-0.15, -0.1) is 11.6 Å². The molecule has 0 bridgehead atoms. The largest absolute Gasteiger partial charge is 0.507 e.